The number of nitrogens with one attached hydrogen (secondary N) is 2. The van der Waals surface area contributed by atoms with Crippen molar-refractivity contribution in [1.29, 1.82) is 0 Å². The summed E-state index contributed by atoms with van der Waals surface area (Å²) in [5.74, 6) is 1.59. The number of benzene rings is 2. The number of piperidine rings is 3. The average Bonchev–Trinajstić information content (AvgIpc) is 2.94. The fraction of sp³-hybridized carbons (Fsp3) is 0.448. The van der Waals surface area contributed by atoms with Crippen molar-refractivity contribution < 1.29 is 31.1 Å². The fourth-order valence-electron chi connectivity index (χ4n) is 6.37. The average molecular weight is 597 g/mol. The lowest BCUT2D eigenvalue weighted by Crippen LogP contribution is -2.58. The second-order valence-corrected chi connectivity index (χ2v) is 11.0. The van der Waals surface area contributed by atoms with Gasteiger partial charge in [0.2, 0.25) is 0 Å². The van der Waals surface area contributed by atoms with Crippen LogP contribution in [-0.2, 0) is 12.4 Å². The number of aromatic nitrogens is 1. The van der Waals surface area contributed by atoms with Crippen LogP contribution in [0.25, 0.3) is 10.9 Å². The molecule has 3 aliphatic heterocycles. The van der Waals surface area contributed by atoms with E-state index in [4.69, 9.17) is 17.0 Å². The number of anilines is 1. The zero-order valence-corrected chi connectivity index (χ0v) is 23.3. The Kier molecular flexibility index (Phi) is 8.08. The van der Waals surface area contributed by atoms with E-state index in [-0.39, 0.29) is 11.2 Å². The predicted octanol–water partition coefficient (Wildman–Crippen LogP) is 7.43. The van der Waals surface area contributed by atoms with E-state index in [1.54, 1.807) is 25.4 Å². The summed E-state index contributed by atoms with van der Waals surface area (Å²) in [6.45, 7) is 3.88. The Balaban J connectivity index is 1.55. The van der Waals surface area contributed by atoms with Crippen LogP contribution in [-0.4, -0.2) is 41.2 Å². The lowest BCUT2D eigenvalue weighted by molar-refractivity contribution is -0.141. The summed E-state index contributed by atoms with van der Waals surface area (Å²) >= 11 is 5.43. The molecule has 0 spiro atoms. The first-order valence-electron chi connectivity index (χ1n) is 13.4. The monoisotopic (exact) mass is 596 g/mol. The van der Waals surface area contributed by atoms with E-state index < -0.39 is 35.2 Å². The lowest BCUT2D eigenvalue weighted by Gasteiger charge is -2.52. The molecular weight excluding hydrogens is 566 g/mol. The maximum absolute atomic E-state index is 13.8. The molecule has 6 rings (SSSR count). The third kappa shape index (κ3) is 5.94. The van der Waals surface area contributed by atoms with E-state index in [0.29, 0.717) is 35.2 Å². The van der Waals surface area contributed by atoms with Gasteiger partial charge in [0.25, 0.3) is 0 Å². The van der Waals surface area contributed by atoms with Gasteiger partial charge in [0, 0.05) is 24.2 Å². The standard InChI is InChI=1S/C29H30F6N4OS/c1-3-16-15-39-12-10-17(16)13-24(39)25(19-9-11-36-23-8-7-18(40-2)14-20(19)23)37-27(41)38-26-21(28(30,31)32)5-4-6-22(26)29(33,34)35/h4-9,11,14,16-17,24-25H,3,10,12-13,15H2,1-2H3,(H2,37,38,41)/t16-,17-,24-,25-/m0/s1. The maximum atomic E-state index is 13.8. The van der Waals surface area contributed by atoms with E-state index in [0.717, 1.165) is 49.4 Å². The minimum atomic E-state index is -5.03. The van der Waals surface area contributed by atoms with Crippen LogP contribution >= 0.6 is 12.2 Å². The topological polar surface area (TPSA) is 49.4 Å². The molecule has 3 aromatic rings. The SMILES string of the molecule is CC[C@H]1CN2CC[C@H]1C[C@H]2[C@@H](NC(=S)Nc1c(C(F)(F)F)cccc1C(F)(F)F)c1ccnc2ccc(OC)cc12. The summed E-state index contributed by atoms with van der Waals surface area (Å²) in [4.78, 5) is 6.80. The molecule has 4 heterocycles. The Morgan fingerprint density at radius 2 is 1.80 bits per heavy atom. The summed E-state index contributed by atoms with van der Waals surface area (Å²) in [7, 11) is 1.54. The zero-order chi connectivity index (χ0) is 29.5. The second kappa shape index (κ2) is 11.3. The lowest BCUT2D eigenvalue weighted by atomic mass is 9.72. The molecule has 2 N–H and O–H groups in total. The number of thiocarbonyl (C=S) groups is 1. The van der Waals surface area contributed by atoms with E-state index in [1.807, 2.05) is 12.1 Å². The Morgan fingerprint density at radius 3 is 2.39 bits per heavy atom. The molecule has 0 saturated carbocycles. The molecule has 3 aliphatic rings. The van der Waals surface area contributed by atoms with Gasteiger partial charge in [0.05, 0.1) is 35.5 Å². The van der Waals surface area contributed by atoms with Gasteiger partial charge in [-0.3, -0.25) is 9.88 Å². The van der Waals surface area contributed by atoms with Gasteiger partial charge >= 0.3 is 12.4 Å². The number of halogens is 6. The van der Waals surface area contributed by atoms with Gasteiger partial charge in [-0.2, -0.15) is 26.3 Å². The van der Waals surface area contributed by atoms with Crippen molar-refractivity contribution in [1.82, 2.24) is 15.2 Å². The maximum Gasteiger partial charge on any atom is 0.418 e. The number of ether oxygens (including phenoxy) is 1. The molecule has 220 valence electrons. The first-order valence-corrected chi connectivity index (χ1v) is 13.8. The third-order valence-electron chi connectivity index (χ3n) is 8.36. The van der Waals surface area contributed by atoms with Crippen LogP contribution in [0.15, 0.2) is 48.7 Å². The minimum absolute atomic E-state index is 0.0898. The van der Waals surface area contributed by atoms with E-state index in [2.05, 4.69) is 27.4 Å². The quantitative estimate of drug-likeness (QED) is 0.228. The second-order valence-electron chi connectivity index (χ2n) is 10.6. The number of nitrogens with zero attached hydrogens (tertiary/aromatic N) is 2. The summed E-state index contributed by atoms with van der Waals surface area (Å²) in [5, 5.41) is 5.84. The molecule has 12 heteroatoms. The number of rotatable bonds is 6. The summed E-state index contributed by atoms with van der Waals surface area (Å²) in [5.41, 5.74) is -2.56. The number of pyridine rings is 1. The highest BCUT2D eigenvalue weighted by atomic mass is 32.1. The minimum Gasteiger partial charge on any atom is -0.497 e. The summed E-state index contributed by atoms with van der Waals surface area (Å²) in [6.07, 6.45) is -5.51. The van der Waals surface area contributed by atoms with Crippen LogP contribution in [0.5, 0.6) is 5.75 Å². The largest absolute Gasteiger partial charge is 0.497 e. The fourth-order valence-corrected chi connectivity index (χ4v) is 6.59. The number of methoxy groups -OCH3 is 1. The predicted molar refractivity (Wildman–Crippen MR) is 149 cm³/mol. The highest BCUT2D eigenvalue weighted by Crippen LogP contribution is 2.45. The van der Waals surface area contributed by atoms with E-state index in [1.165, 1.54) is 0 Å². The normalized spacial score (nSPS) is 23.3. The first kappa shape index (κ1) is 29.4. The molecule has 5 atom stereocenters. The highest BCUT2D eigenvalue weighted by Gasteiger charge is 2.44. The molecule has 5 nitrogen and oxygen atoms in total. The molecule has 3 saturated heterocycles. The molecule has 41 heavy (non-hydrogen) atoms. The van der Waals surface area contributed by atoms with Crippen LogP contribution < -0.4 is 15.4 Å². The molecule has 0 amide bonds. The number of para-hydroxylation sites is 1. The van der Waals surface area contributed by atoms with Crippen molar-refractivity contribution in [2.75, 3.05) is 25.5 Å². The van der Waals surface area contributed by atoms with E-state index >= 15 is 0 Å². The van der Waals surface area contributed by atoms with Gasteiger partial charge in [0.15, 0.2) is 5.11 Å². The molecule has 2 bridgehead atoms. The molecule has 3 fully saturated rings. The Bertz CT molecular complexity index is 1400. The molecule has 0 aliphatic carbocycles. The van der Waals surface area contributed by atoms with Crippen molar-refractivity contribution in [2.24, 2.45) is 11.8 Å². The number of hydrogen-bond acceptors (Lipinski definition) is 4. The van der Waals surface area contributed by atoms with Crippen LogP contribution in [0.4, 0.5) is 32.0 Å². The van der Waals surface area contributed by atoms with Crippen molar-refractivity contribution in [3.05, 3.63) is 65.4 Å². The molecular formula is C29H30F6N4OS. The Morgan fingerprint density at radius 1 is 1.10 bits per heavy atom. The molecule has 1 aromatic heterocycles. The summed E-state index contributed by atoms with van der Waals surface area (Å²) in [6, 6.07) is 8.55. The third-order valence-corrected chi connectivity index (χ3v) is 8.58. The van der Waals surface area contributed by atoms with E-state index in [9.17, 15) is 26.3 Å². The van der Waals surface area contributed by atoms with Crippen molar-refractivity contribution in [3.8, 4) is 5.75 Å². The smallest absolute Gasteiger partial charge is 0.418 e. The molecule has 2 aromatic carbocycles. The Hall–Kier alpha value is -3.12. The van der Waals surface area contributed by atoms with Crippen LogP contribution in [0, 0.1) is 11.8 Å². The first-order chi connectivity index (χ1) is 19.4. The number of alkyl halides is 6. The van der Waals surface area contributed by atoms with Gasteiger partial charge in [-0.1, -0.05) is 19.4 Å². The van der Waals surface area contributed by atoms with Gasteiger partial charge in [-0.15, -0.1) is 0 Å². The van der Waals surface area contributed by atoms with Crippen LogP contribution in [0.3, 0.4) is 0 Å². The summed E-state index contributed by atoms with van der Waals surface area (Å²) < 4.78 is 88.3. The van der Waals surface area contributed by atoms with Gasteiger partial charge in [0.1, 0.15) is 5.75 Å². The zero-order valence-electron chi connectivity index (χ0n) is 22.4. The van der Waals surface area contributed by atoms with Crippen molar-refractivity contribution in [2.45, 2.75) is 50.6 Å². The van der Waals surface area contributed by atoms with Gasteiger partial charge in [-0.25, -0.2) is 0 Å². The van der Waals surface area contributed by atoms with Crippen LogP contribution in [0.1, 0.15) is 48.9 Å². The number of hydrogen-bond donors (Lipinski definition) is 2. The molecule has 1 unspecified atom stereocenters. The van der Waals surface area contributed by atoms with Gasteiger partial charge < -0.3 is 15.4 Å². The highest BCUT2D eigenvalue weighted by molar-refractivity contribution is 7.80. The van der Waals surface area contributed by atoms with Crippen LogP contribution in [0.2, 0.25) is 0 Å². The van der Waals surface area contributed by atoms with Crippen molar-refractivity contribution >= 4 is 33.9 Å². The van der Waals surface area contributed by atoms with Crippen molar-refractivity contribution in [3.63, 3.8) is 0 Å². The van der Waals surface area contributed by atoms with Gasteiger partial charge in [-0.05, 0) is 85.4 Å². The Labute approximate surface area is 239 Å². The molecule has 0 radical (unpaired) electrons. The number of fused-ring (bicyclic) bond motifs is 4.